The molecule has 3 N–H and O–H groups in total. The fourth-order valence-electron chi connectivity index (χ4n) is 4.86. The number of unbranched alkanes of at least 4 members (excludes halogenated alkanes) is 19. The number of aromatic hydroxyl groups is 1. The van der Waals surface area contributed by atoms with Gasteiger partial charge in [-0.25, -0.2) is 0 Å². The van der Waals surface area contributed by atoms with Gasteiger partial charge in [-0.3, -0.25) is 9.59 Å². The summed E-state index contributed by atoms with van der Waals surface area (Å²) < 4.78 is 0. The van der Waals surface area contributed by atoms with Crippen molar-refractivity contribution in [1.82, 2.24) is 5.32 Å². The Morgan fingerprint density at radius 1 is 0.553 bits per heavy atom. The van der Waals surface area contributed by atoms with Crippen LogP contribution in [0.4, 0.5) is 5.69 Å². The third kappa shape index (κ3) is 22.0. The van der Waals surface area contributed by atoms with Crippen LogP contribution in [0.15, 0.2) is 24.3 Å². The van der Waals surface area contributed by atoms with Gasteiger partial charge in [0, 0.05) is 25.1 Å². The van der Waals surface area contributed by atoms with E-state index in [2.05, 4.69) is 17.6 Å². The van der Waals surface area contributed by atoms with Crippen molar-refractivity contribution < 1.29 is 14.7 Å². The van der Waals surface area contributed by atoms with Crippen molar-refractivity contribution in [3.8, 4) is 5.75 Å². The first kappa shape index (κ1) is 34.0. The van der Waals surface area contributed by atoms with Crippen LogP contribution in [0, 0.1) is 0 Å². The number of amides is 2. The first-order chi connectivity index (χ1) is 18.6. The van der Waals surface area contributed by atoms with Crippen LogP contribution in [0.2, 0.25) is 0 Å². The monoisotopic (exact) mass is 530 g/mol. The number of hydrogen-bond donors (Lipinski definition) is 3. The Morgan fingerprint density at radius 2 is 0.947 bits per heavy atom. The predicted molar refractivity (Wildman–Crippen MR) is 162 cm³/mol. The molecule has 0 bridgehead atoms. The largest absolute Gasteiger partial charge is 0.508 e. The maximum atomic E-state index is 12.0. The van der Waals surface area contributed by atoms with Crippen molar-refractivity contribution in [2.45, 2.75) is 155 Å². The summed E-state index contributed by atoms with van der Waals surface area (Å²) in [7, 11) is 0. The number of rotatable bonds is 26. The molecule has 1 aromatic carbocycles. The van der Waals surface area contributed by atoms with Crippen LogP contribution >= 0.6 is 0 Å². The molecule has 218 valence electrons. The standard InChI is InChI=1S/C33H58N2O3/c1-2-3-4-5-6-7-8-9-11-14-17-20-23-32(37)34-29-22-19-16-13-10-12-15-18-21-24-33(38)35-30-25-27-31(36)28-26-30/h25-28,36H,2-24,29H2,1H3,(H,34,37)(H,35,38). The minimum Gasteiger partial charge on any atom is -0.508 e. The van der Waals surface area contributed by atoms with Gasteiger partial charge in [-0.2, -0.15) is 0 Å². The molecule has 1 aromatic rings. The molecule has 0 saturated carbocycles. The zero-order chi connectivity index (χ0) is 27.5. The molecule has 0 saturated heterocycles. The summed E-state index contributed by atoms with van der Waals surface area (Å²) in [6.45, 7) is 3.09. The molecule has 2 amide bonds. The lowest BCUT2D eigenvalue weighted by Crippen LogP contribution is -2.23. The van der Waals surface area contributed by atoms with Gasteiger partial charge in [0.05, 0.1) is 0 Å². The quantitative estimate of drug-likeness (QED) is 0.0824. The summed E-state index contributed by atoms with van der Waals surface area (Å²) in [6, 6.07) is 6.57. The molecule has 0 unspecified atom stereocenters. The van der Waals surface area contributed by atoms with Gasteiger partial charge < -0.3 is 15.7 Å². The molecule has 0 aromatic heterocycles. The van der Waals surface area contributed by atoms with E-state index in [-0.39, 0.29) is 17.6 Å². The molecule has 5 nitrogen and oxygen atoms in total. The molecule has 0 atom stereocenters. The summed E-state index contributed by atoms with van der Waals surface area (Å²) >= 11 is 0. The molecule has 0 fully saturated rings. The van der Waals surface area contributed by atoms with E-state index >= 15 is 0 Å². The Morgan fingerprint density at radius 3 is 1.42 bits per heavy atom. The van der Waals surface area contributed by atoms with Crippen molar-refractivity contribution in [1.29, 1.82) is 0 Å². The molecule has 38 heavy (non-hydrogen) atoms. The minimum absolute atomic E-state index is 0.0388. The van der Waals surface area contributed by atoms with Gasteiger partial charge >= 0.3 is 0 Å². The lowest BCUT2D eigenvalue weighted by atomic mass is 10.0. The Labute approximate surface area is 234 Å². The summed E-state index contributed by atoms with van der Waals surface area (Å²) in [4.78, 5) is 23.9. The predicted octanol–water partition coefficient (Wildman–Crippen LogP) is 9.44. The van der Waals surface area contributed by atoms with E-state index in [0.717, 1.165) is 37.9 Å². The summed E-state index contributed by atoms with van der Waals surface area (Å²) in [6.07, 6.45) is 27.6. The van der Waals surface area contributed by atoms with Gasteiger partial charge in [0.2, 0.25) is 11.8 Å². The Hall–Kier alpha value is -2.04. The first-order valence-electron chi connectivity index (χ1n) is 16.0. The number of anilines is 1. The normalized spacial score (nSPS) is 11.0. The van der Waals surface area contributed by atoms with Gasteiger partial charge in [0.15, 0.2) is 0 Å². The molecule has 0 aliphatic carbocycles. The number of nitrogens with one attached hydrogen (secondary N) is 2. The summed E-state index contributed by atoms with van der Waals surface area (Å²) in [5, 5.41) is 15.2. The number of benzene rings is 1. The van der Waals surface area contributed by atoms with Crippen LogP contribution in [0.3, 0.4) is 0 Å². The number of carbonyl (C=O) groups is 2. The third-order valence-corrected chi connectivity index (χ3v) is 7.31. The van der Waals surface area contributed by atoms with Crippen molar-refractivity contribution >= 4 is 17.5 Å². The molecule has 0 aliphatic heterocycles. The Kier molecular flexibility index (Phi) is 22.6. The van der Waals surface area contributed by atoms with E-state index in [9.17, 15) is 14.7 Å². The van der Waals surface area contributed by atoms with Crippen LogP contribution in [-0.2, 0) is 9.59 Å². The van der Waals surface area contributed by atoms with Crippen LogP contribution in [0.1, 0.15) is 155 Å². The Bertz CT molecular complexity index is 690. The van der Waals surface area contributed by atoms with Gasteiger partial charge in [0.1, 0.15) is 5.75 Å². The third-order valence-electron chi connectivity index (χ3n) is 7.31. The highest BCUT2D eigenvalue weighted by Crippen LogP contribution is 2.15. The van der Waals surface area contributed by atoms with Gasteiger partial charge in [0.25, 0.3) is 0 Å². The molecule has 0 radical (unpaired) electrons. The van der Waals surface area contributed by atoms with E-state index in [1.165, 1.54) is 109 Å². The fraction of sp³-hybridized carbons (Fsp3) is 0.758. The highest BCUT2D eigenvalue weighted by atomic mass is 16.3. The van der Waals surface area contributed by atoms with Crippen molar-refractivity contribution in [2.24, 2.45) is 0 Å². The van der Waals surface area contributed by atoms with Crippen molar-refractivity contribution in [3.05, 3.63) is 24.3 Å². The summed E-state index contributed by atoms with van der Waals surface area (Å²) in [5.41, 5.74) is 0.729. The second kappa shape index (κ2) is 25.2. The van der Waals surface area contributed by atoms with Crippen LogP contribution < -0.4 is 10.6 Å². The van der Waals surface area contributed by atoms with Gasteiger partial charge in [-0.05, 0) is 43.5 Å². The SMILES string of the molecule is CCCCCCCCCCCCCCC(=O)NCCCCCCCCCCCC(=O)Nc1ccc(O)cc1. The smallest absolute Gasteiger partial charge is 0.224 e. The highest BCUT2D eigenvalue weighted by molar-refractivity contribution is 5.90. The van der Waals surface area contributed by atoms with Crippen LogP contribution in [0.5, 0.6) is 5.75 Å². The van der Waals surface area contributed by atoms with Gasteiger partial charge in [-0.15, -0.1) is 0 Å². The van der Waals surface area contributed by atoms with E-state index in [1.807, 2.05) is 0 Å². The van der Waals surface area contributed by atoms with E-state index in [4.69, 9.17) is 0 Å². The average molecular weight is 531 g/mol. The van der Waals surface area contributed by atoms with E-state index in [1.54, 1.807) is 24.3 Å². The maximum absolute atomic E-state index is 12.0. The molecular formula is C33H58N2O3. The number of hydrogen-bond acceptors (Lipinski definition) is 3. The van der Waals surface area contributed by atoms with E-state index < -0.39 is 0 Å². The maximum Gasteiger partial charge on any atom is 0.224 e. The second-order valence-corrected chi connectivity index (χ2v) is 11.0. The lowest BCUT2D eigenvalue weighted by Gasteiger charge is -2.06. The second-order valence-electron chi connectivity index (χ2n) is 11.0. The fourth-order valence-corrected chi connectivity index (χ4v) is 4.86. The van der Waals surface area contributed by atoms with Gasteiger partial charge in [-0.1, -0.05) is 122 Å². The minimum atomic E-state index is 0.0388. The number of phenolic OH excluding ortho intramolecular Hbond substituents is 1. The molecular weight excluding hydrogens is 472 g/mol. The molecule has 0 spiro atoms. The zero-order valence-corrected chi connectivity index (χ0v) is 24.5. The molecule has 5 heteroatoms. The first-order valence-corrected chi connectivity index (χ1v) is 16.0. The summed E-state index contributed by atoms with van der Waals surface area (Å²) in [5.74, 6) is 0.473. The molecule has 0 heterocycles. The number of phenols is 1. The van der Waals surface area contributed by atoms with Crippen LogP contribution in [0.25, 0.3) is 0 Å². The zero-order valence-electron chi connectivity index (χ0n) is 24.5. The Balaban J connectivity index is 1.76. The lowest BCUT2D eigenvalue weighted by molar-refractivity contribution is -0.121. The van der Waals surface area contributed by atoms with E-state index in [0.29, 0.717) is 12.8 Å². The topological polar surface area (TPSA) is 78.4 Å². The highest BCUT2D eigenvalue weighted by Gasteiger charge is 2.03. The molecule has 1 rings (SSSR count). The average Bonchev–Trinajstić information content (AvgIpc) is 2.91. The van der Waals surface area contributed by atoms with Crippen molar-refractivity contribution in [3.63, 3.8) is 0 Å². The number of carbonyl (C=O) groups excluding carboxylic acids is 2. The molecule has 0 aliphatic rings. The van der Waals surface area contributed by atoms with Crippen LogP contribution in [-0.4, -0.2) is 23.5 Å². The van der Waals surface area contributed by atoms with Crippen molar-refractivity contribution in [2.75, 3.05) is 11.9 Å².